The van der Waals surface area contributed by atoms with Crippen molar-refractivity contribution < 1.29 is 9.90 Å². The summed E-state index contributed by atoms with van der Waals surface area (Å²) in [5.74, 6) is 0.372. The van der Waals surface area contributed by atoms with Gasteiger partial charge in [0.2, 0.25) is 0 Å². The van der Waals surface area contributed by atoms with Gasteiger partial charge in [-0.3, -0.25) is 0 Å². The van der Waals surface area contributed by atoms with Crippen LogP contribution in [-0.4, -0.2) is 15.8 Å². The summed E-state index contributed by atoms with van der Waals surface area (Å²) >= 11 is 0. The van der Waals surface area contributed by atoms with Crippen molar-refractivity contribution >= 4 is 17.6 Å². The molecular weight excluding hydrogens is 314 g/mol. The lowest BCUT2D eigenvalue weighted by molar-refractivity contribution is 0.204. The van der Waals surface area contributed by atoms with E-state index >= 15 is 0 Å². The van der Waals surface area contributed by atoms with Gasteiger partial charge in [0.05, 0.1) is 11.3 Å². The van der Waals surface area contributed by atoms with Gasteiger partial charge >= 0.3 is 6.09 Å². The topological polar surface area (TPSA) is 69.3 Å². The summed E-state index contributed by atoms with van der Waals surface area (Å²) in [7, 11) is 0. The van der Waals surface area contributed by atoms with Crippen molar-refractivity contribution in [3.05, 3.63) is 84.1 Å². The molecular formula is C20H17N3O2. The highest BCUT2D eigenvalue weighted by molar-refractivity contribution is 5.95. The van der Waals surface area contributed by atoms with Gasteiger partial charge < -0.3 is 9.67 Å². The Morgan fingerprint density at radius 3 is 2.28 bits per heavy atom. The van der Waals surface area contributed by atoms with Crippen molar-refractivity contribution in [3.8, 4) is 6.07 Å². The number of rotatable bonds is 5. The molecule has 0 fully saturated rings. The fourth-order valence-electron chi connectivity index (χ4n) is 2.78. The number of anilines is 2. The van der Waals surface area contributed by atoms with E-state index in [1.807, 2.05) is 41.0 Å². The average molecular weight is 331 g/mol. The Bertz CT molecular complexity index is 896. The smallest absolute Gasteiger partial charge is 0.417 e. The molecule has 5 nitrogen and oxygen atoms in total. The first-order valence-electron chi connectivity index (χ1n) is 7.92. The number of aromatic nitrogens is 1. The van der Waals surface area contributed by atoms with Crippen LogP contribution in [0.3, 0.4) is 0 Å². The third kappa shape index (κ3) is 3.54. The van der Waals surface area contributed by atoms with Gasteiger partial charge in [-0.1, -0.05) is 48.5 Å². The molecule has 25 heavy (non-hydrogen) atoms. The molecule has 0 atom stereocenters. The van der Waals surface area contributed by atoms with E-state index in [9.17, 15) is 15.2 Å². The minimum Gasteiger partial charge on any atom is -0.464 e. The number of nitriles is 1. The summed E-state index contributed by atoms with van der Waals surface area (Å²) < 4.78 is 1.81. The molecule has 5 heteroatoms. The van der Waals surface area contributed by atoms with E-state index in [0.29, 0.717) is 23.6 Å². The van der Waals surface area contributed by atoms with E-state index in [0.717, 1.165) is 16.9 Å². The van der Waals surface area contributed by atoms with Crippen molar-refractivity contribution in [2.75, 3.05) is 4.90 Å². The Hall–Kier alpha value is -3.52. The van der Waals surface area contributed by atoms with E-state index in [1.54, 1.807) is 36.5 Å². The SMILES string of the molecule is N#Cc1ccn(CCc2ccccc2)c1N(C(=O)O)c1ccccc1. The van der Waals surface area contributed by atoms with Crippen LogP contribution in [0.1, 0.15) is 11.1 Å². The van der Waals surface area contributed by atoms with Crippen LogP contribution in [0, 0.1) is 11.3 Å². The monoisotopic (exact) mass is 331 g/mol. The quantitative estimate of drug-likeness (QED) is 0.752. The van der Waals surface area contributed by atoms with E-state index in [4.69, 9.17) is 0 Å². The van der Waals surface area contributed by atoms with Gasteiger partial charge in [0, 0.05) is 12.7 Å². The normalized spacial score (nSPS) is 10.2. The van der Waals surface area contributed by atoms with Gasteiger partial charge in [-0.05, 0) is 30.2 Å². The lowest BCUT2D eigenvalue weighted by atomic mass is 10.1. The lowest BCUT2D eigenvalue weighted by Gasteiger charge is -2.22. The van der Waals surface area contributed by atoms with Crippen LogP contribution >= 0.6 is 0 Å². The highest BCUT2D eigenvalue weighted by atomic mass is 16.4. The van der Waals surface area contributed by atoms with Gasteiger partial charge in [0.1, 0.15) is 11.9 Å². The fourth-order valence-corrected chi connectivity index (χ4v) is 2.78. The average Bonchev–Trinajstić information content (AvgIpc) is 3.04. The van der Waals surface area contributed by atoms with Crippen LogP contribution in [0.5, 0.6) is 0 Å². The lowest BCUT2D eigenvalue weighted by Crippen LogP contribution is -2.27. The first-order valence-corrected chi connectivity index (χ1v) is 7.92. The number of aryl methyl sites for hydroxylation is 2. The minimum absolute atomic E-state index is 0.333. The molecule has 1 amide bonds. The summed E-state index contributed by atoms with van der Waals surface area (Å²) in [6, 6.07) is 22.5. The summed E-state index contributed by atoms with van der Waals surface area (Å²) in [6.45, 7) is 0.581. The maximum absolute atomic E-state index is 11.9. The zero-order chi connectivity index (χ0) is 17.6. The summed E-state index contributed by atoms with van der Waals surface area (Å²) in [4.78, 5) is 13.1. The maximum Gasteiger partial charge on any atom is 0.417 e. The standard InChI is InChI=1S/C20H17N3O2/c21-15-17-12-14-22(13-11-16-7-3-1-4-8-16)19(17)23(20(24)25)18-9-5-2-6-10-18/h1-10,12,14H,11,13H2,(H,24,25). The van der Waals surface area contributed by atoms with Gasteiger partial charge in [0.15, 0.2) is 0 Å². The van der Waals surface area contributed by atoms with Crippen LogP contribution in [0.15, 0.2) is 72.9 Å². The third-order valence-corrected chi connectivity index (χ3v) is 3.96. The van der Waals surface area contributed by atoms with E-state index in [1.165, 1.54) is 0 Å². The molecule has 0 aliphatic rings. The summed E-state index contributed by atoms with van der Waals surface area (Å²) in [5, 5.41) is 19.1. The van der Waals surface area contributed by atoms with Crippen molar-refractivity contribution in [2.24, 2.45) is 0 Å². The second-order valence-corrected chi connectivity index (χ2v) is 5.55. The second kappa shape index (κ2) is 7.37. The zero-order valence-electron chi connectivity index (χ0n) is 13.5. The molecule has 0 bridgehead atoms. The van der Waals surface area contributed by atoms with Crippen LogP contribution in [0.25, 0.3) is 0 Å². The maximum atomic E-state index is 11.9. The number of benzene rings is 2. The largest absolute Gasteiger partial charge is 0.464 e. The first-order chi connectivity index (χ1) is 12.2. The number of para-hydroxylation sites is 1. The molecule has 0 spiro atoms. The fraction of sp³-hybridized carbons (Fsp3) is 0.100. The van der Waals surface area contributed by atoms with Gasteiger partial charge in [-0.15, -0.1) is 0 Å². The molecule has 0 radical (unpaired) electrons. The molecule has 0 saturated carbocycles. The molecule has 0 aliphatic carbocycles. The predicted octanol–water partition coefficient (Wildman–Crippen LogP) is 4.42. The predicted molar refractivity (Wildman–Crippen MR) is 95.9 cm³/mol. The zero-order valence-corrected chi connectivity index (χ0v) is 13.5. The van der Waals surface area contributed by atoms with Crippen molar-refractivity contribution in [1.29, 1.82) is 5.26 Å². The number of hydrogen-bond donors (Lipinski definition) is 1. The summed E-state index contributed by atoms with van der Waals surface area (Å²) in [6.07, 6.45) is 1.38. The number of carboxylic acid groups (broad SMARTS) is 1. The molecule has 0 saturated heterocycles. The van der Waals surface area contributed by atoms with Crippen molar-refractivity contribution in [2.45, 2.75) is 13.0 Å². The molecule has 2 aromatic carbocycles. The Morgan fingerprint density at radius 1 is 1.04 bits per heavy atom. The molecule has 124 valence electrons. The highest BCUT2D eigenvalue weighted by Crippen LogP contribution is 2.30. The molecule has 1 N–H and O–H groups in total. The number of amides is 1. The minimum atomic E-state index is -1.12. The van der Waals surface area contributed by atoms with E-state index in [-0.39, 0.29) is 0 Å². The van der Waals surface area contributed by atoms with Gasteiger partial charge in [-0.2, -0.15) is 5.26 Å². The van der Waals surface area contributed by atoms with Crippen LogP contribution < -0.4 is 4.90 Å². The summed E-state index contributed by atoms with van der Waals surface area (Å²) in [5.41, 5.74) is 1.99. The van der Waals surface area contributed by atoms with Crippen molar-refractivity contribution in [3.63, 3.8) is 0 Å². The van der Waals surface area contributed by atoms with E-state index in [2.05, 4.69) is 6.07 Å². The van der Waals surface area contributed by atoms with E-state index < -0.39 is 6.09 Å². The molecule has 0 unspecified atom stereocenters. The van der Waals surface area contributed by atoms with Crippen molar-refractivity contribution in [1.82, 2.24) is 4.57 Å². The first kappa shape index (κ1) is 16.3. The number of carbonyl (C=O) groups is 1. The Labute approximate surface area is 146 Å². The Kier molecular flexibility index (Phi) is 4.82. The molecule has 0 aliphatic heterocycles. The van der Waals surface area contributed by atoms with Crippen LogP contribution in [0.4, 0.5) is 16.3 Å². The molecule has 3 rings (SSSR count). The molecule has 1 heterocycles. The molecule has 3 aromatic rings. The van der Waals surface area contributed by atoms with Crippen LogP contribution in [0.2, 0.25) is 0 Å². The molecule has 1 aromatic heterocycles. The Morgan fingerprint density at radius 2 is 1.68 bits per heavy atom. The Balaban J connectivity index is 1.97. The number of nitrogens with zero attached hydrogens (tertiary/aromatic N) is 3. The highest BCUT2D eigenvalue weighted by Gasteiger charge is 2.23. The van der Waals surface area contributed by atoms with Gasteiger partial charge in [0.25, 0.3) is 0 Å². The number of hydrogen-bond acceptors (Lipinski definition) is 2. The third-order valence-electron chi connectivity index (χ3n) is 3.96. The second-order valence-electron chi connectivity index (χ2n) is 5.55. The van der Waals surface area contributed by atoms with Gasteiger partial charge in [-0.25, -0.2) is 9.69 Å². The van der Waals surface area contributed by atoms with Crippen LogP contribution in [-0.2, 0) is 13.0 Å².